The molecule has 6 rings (SSSR count). The number of carbonyl (C=O) groups is 1. The van der Waals surface area contributed by atoms with Gasteiger partial charge >= 0.3 is 0 Å². The number of anilines is 2. The van der Waals surface area contributed by atoms with Crippen molar-refractivity contribution in [2.45, 2.75) is 13.3 Å². The number of methoxy groups -OCH3 is 1. The highest BCUT2D eigenvalue weighted by Crippen LogP contribution is 2.37. The molecule has 0 aliphatic carbocycles. The van der Waals surface area contributed by atoms with Gasteiger partial charge in [-0.1, -0.05) is 12.1 Å². The van der Waals surface area contributed by atoms with Crippen LogP contribution in [0.3, 0.4) is 0 Å². The Hall–Kier alpha value is -4.91. The lowest BCUT2D eigenvalue weighted by atomic mass is 10.1. The number of sulfonamides is 1. The largest absolute Gasteiger partial charge is 0.495 e. The van der Waals surface area contributed by atoms with Crippen LogP contribution in [0.15, 0.2) is 60.9 Å². The Morgan fingerprint density at radius 1 is 1.10 bits per heavy atom. The van der Waals surface area contributed by atoms with Crippen molar-refractivity contribution in [3.8, 4) is 23.1 Å². The van der Waals surface area contributed by atoms with E-state index in [-0.39, 0.29) is 34.5 Å². The number of hydrogen-bond donors (Lipinski definition) is 2. The molecule has 0 bridgehead atoms. The summed E-state index contributed by atoms with van der Waals surface area (Å²) >= 11 is 0. The van der Waals surface area contributed by atoms with Gasteiger partial charge in [-0.3, -0.25) is 9.10 Å². The summed E-state index contributed by atoms with van der Waals surface area (Å²) < 4.78 is 52.8. The van der Waals surface area contributed by atoms with E-state index in [1.807, 2.05) is 0 Å². The number of aromatic nitrogens is 4. The summed E-state index contributed by atoms with van der Waals surface area (Å²) in [5.41, 5.74) is 8.96. The van der Waals surface area contributed by atoms with Crippen molar-refractivity contribution in [2.75, 3.05) is 29.4 Å². The van der Waals surface area contributed by atoms with E-state index in [4.69, 9.17) is 15.2 Å². The van der Waals surface area contributed by atoms with Crippen molar-refractivity contribution in [1.29, 1.82) is 0 Å². The molecule has 13 heteroatoms. The lowest BCUT2D eigenvalue weighted by Crippen LogP contribution is -2.25. The van der Waals surface area contributed by atoms with Crippen LogP contribution in [0.25, 0.3) is 16.6 Å². The van der Waals surface area contributed by atoms with E-state index in [9.17, 15) is 17.6 Å². The number of pyridine rings is 1. The Balaban J connectivity index is 1.30. The maximum atomic E-state index is 14.0. The van der Waals surface area contributed by atoms with Gasteiger partial charge in [-0.15, -0.1) is 0 Å². The average molecular weight is 577 g/mol. The number of aromatic amines is 1. The van der Waals surface area contributed by atoms with Crippen molar-refractivity contribution in [3.05, 3.63) is 83.6 Å². The first-order valence-electron chi connectivity index (χ1n) is 12.6. The first-order chi connectivity index (χ1) is 19.7. The van der Waals surface area contributed by atoms with Crippen LogP contribution in [0.2, 0.25) is 0 Å². The highest BCUT2D eigenvalue weighted by Gasteiger charge is 2.31. The molecule has 0 saturated carbocycles. The molecule has 0 unspecified atom stereocenters. The fourth-order valence-corrected chi connectivity index (χ4v) is 6.41. The fourth-order valence-electron chi connectivity index (χ4n) is 4.85. The summed E-state index contributed by atoms with van der Waals surface area (Å²) in [6.07, 6.45) is 3.37. The number of hydrogen-bond acceptors (Lipinski definition) is 8. The van der Waals surface area contributed by atoms with E-state index < -0.39 is 21.6 Å². The molecule has 11 nitrogen and oxygen atoms in total. The van der Waals surface area contributed by atoms with Gasteiger partial charge in [0.05, 0.1) is 47.9 Å². The van der Waals surface area contributed by atoms with Crippen molar-refractivity contribution in [3.63, 3.8) is 0 Å². The number of aryl methyl sites for hydroxylation is 1. The number of nitrogens with one attached hydrogen (secondary N) is 1. The summed E-state index contributed by atoms with van der Waals surface area (Å²) in [5, 5.41) is 4.98. The minimum absolute atomic E-state index is 0.0452. The van der Waals surface area contributed by atoms with Gasteiger partial charge in [0.1, 0.15) is 11.6 Å². The summed E-state index contributed by atoms with van der Waals surface area (Å²) in [4.78, 5) is 20.8. The third-order valence-corrected chi connectivity index (χ3v) is 8.78. The van der Waals surface area contributed by atoms with E-state index in [0.717, 1.165) is 0 Å². The number of carbonyl (C=O) groups excluding carboxylic acids is 1. The Bertz CT molecular complexity index is 1930. The molecule has 2 aromatic carbocycles. The minimum atomic E-state index is -3.43. The van der Waals surface area contributed by atoms with Gasteiger partial charge < -0.3 is 20.2 Å². The Labute approximate surface area is 234 Å². The van der Waals surface area contributed by atoms with Crippen LogP contribution in [0, 0.1) is 12.7 Å². The van der Waals surface area contributed by atoms with Crippen LogP contribution in [-0.4, -0.2) is 53.4 Å². The number of benzene rings is 2. The van der Waals surface area contributed by atoms with Gasteiger partial charge in [0.2, 0.25) is 21.7 Å². The molecule has 0 spiro atoms. The molecule has 0 radical (unpaired) electrons. The van der Waals surface area contributed by atoms with E-state index >= 15 is 0 Å². The molecule has 1 aliphatic rings. The number of ether oxygens (including phenoxy) is 2. The smallest absolute Gasteiger partial charge is 0.235 e. The highest BCUT2D eigenvalue weighted by atomic mass is 32.2. The first-order valence-corrected chi connectivity index (χ1v) is 14.3. The summed E-state index contributed by atoms with van der Waals surface area (Å²) in [6, 6.07) is 12.6. The monoisotopic (exact) mass is 576 g/mol. The Morgan fingerprint density at radius 2 is 1.90 bits per heavy atom. The molecule has 5 aromatic rings. The molecule has 0 amide bonds. The number of nitrogen functional groups attached to an aromatic ring is 1. The number of rotatable bonds is 7. The number of ketones is 1. The molecule has 3 N–H and O–H groups in total. The SMILES string of the molecule is COc1cc2cc(C(=O)c3cnn(-c4cnc(Oc5ccccc5F)cc4C)c3N)[nH]c2cc1N1CCCS1(=O)=O. The lowest BCUT2D eigenvalue weighted by Gasteiger charge is -2.19. The van der Waals surface area contributed by atoms with Gasteiger partial charge in [0, 0.05) is 23.5 Å². The van der Waals surface area contributed by atoms with E-state index in [0.29, 0.717) is 46.6 Å². The number of H-pyrrole nitrogens is 1. The second kappa shape index (κ2) is 9.93. The molecule has 1 saturated heterocycles. The molecule has 1 aliphatic heterocycles. The van der Waals surface area contributed by atoms with Crippen molar-refractivity contribution in [2.24, 2.45) is 0 Å². The van der Waals surface area contributed by atoms with Crippen LogP contribution in [-0.2, 0) is 10.0 Å². The maximum Gasteiger partial charge on any atom is 0.235 e. The molecule has 1 fully saturated rings. The quantitative estimate of drug-likeness (QED) is 0.272. The first kappa shape index (κ1) is 26.3. The van der Waals surface area contributed by atoms with E-state index in [1.165, 1.54) is 40.6 Å². The standard InChI is InChI=1S/C28H25FN6O5S/c1-16-10-26(40-24-7-4-3-6-19(24)29)31-15-23(16)35-28(30)18(14-32-35)27(36)21-11-17-12-25(39-2)22(13-20(17)33-21)34-8-5-9-41(34,37)38/h3-4,6-7,10-15,33H,5,8-9,30H2,1-2H3. The van der Waals surface area contributed by atoms with Crippen LogP contribution >= 0.6 is 0 Å². The number of para-hydroxylation sites is 1. The minimum Gasteiger partial charge on any atom is -0.495 e. The van der Waals surface area contributed by atoms with Gasteiger partial charge in [-0.05, 0) is 49.2 Å². The third kappa shape index (κ3) is 4.63. The Morgan fingerprint density at radius 3 is 2.61 bits per heavy atom. The number of nitrogens with zero attached hydrogens (tertiary/aromatic N) is 4. The zero-order valence-corrected chi connectivity index (χ0v) is 22.9. The van der Waals surface area contributed by atoms with Gasteiger partial charge in [0.15, 0.2) is 11.6 Å². The van der Waals surface area contributed by atoms with E-state index in [2.05, 4.69) is 15.1 Å². The van der Waals surface area contributed by atoms with Gasteiger partial charge in [0.25, 0.3) is 0 Å². The predicted octanol–water partition coefficient (Wildman–Crippen LogP) is 4.35. The second-order valence-electron chi connectivity index (χ2n) is 9.56. The molecule has 210 valence electrons. The third-order valence-electron chi connectivity index (χ3n) is 6.92. The fraction of sp³-hybridized carbons (Fsp3) is 0.179. The molecule has 4 heterocycles. The molecule has 3 aromatic heterocycles. The normalized spacial score (nSPS) is 14.5. The predicted molar refractivity (Wildman–Crippen MR) is 151 cm³/mol. The maximum absolute atomic E-state index is 14.0. The zero-order chi connectivity index (χ0) is 28.9. The lowest BCUT2D eigenvalue weighted by molar-refractivity contribution is 0.103. The zero-order valence-electron chi connectivity index (χ0n) is 22.1. The van der Waals surface area contributed by atoms with Crippen LogP contribution in [0.4, 0.5) is 15.9 Å². The highest BCUT2D eigenvalue weighted by molar-refractivity contribution is 7.93. The van der Waals surface area contributed by atoms with Crippen LogP contribution in [0.1, 0.15) is 28.0 Å². The number of fused-ring (bicyclic) bond motifs is 1. The molecular formula is C28H25FN6O5S. The molecular weight excluding hydrogens is 551 g/mol. The van der Waals surface area contributed by atoms with Crippen molar-refractivity contribution >= 4 is 38.2 Å². The van der Waals surface area contributed by atoms with Gasteiger partial charge in [-0.2, -0.15) is 5.10 Å². The number of halogens is 1. The average Bonchev–Trinajstić information content (AvgIpc) is 3.64. The number of nitrogens with two attached hydrogens (primary N) is 1. The van der Waals surface area contributed by atoms with Gasteiger partial charge in [-0.25, -0.2) is 22.5 Å². The summed E-state index contributed by atoms with van der Waals surface area (Å²) in [7, 11) is -1.96. The topological polar surface area (TPSA) is 145 Å². The Kier molecular flexibility index (Phi) is 6.37. The summed E-state index contributed by atoms with van der Waals surface area (Å²) in [6.45, 7) is 2.15. The van der Waals surface area contributed by atoms with Crippen molar-refractivity contribution in [1.82, 2.24) is 19.7 Å². The molecule has 41 heavy (non-hydrogen) atoms. The van der Waals surface area contributed by atoms with Crippen molar-refractivity contribution < 1.29 is 27.1 Å². The van der Waals surface area contributed by atoms with Crippen LogP contribution in [0.5, 0.6) is 17.4 Å². The summed E-state index contributed by atoms with van der Waals surface area (Å²) in [5.74, 6) is -0.117. The van der Waals surface area contributed by atoms with E-state index in [1.54, 1.807) is 43.3 Å². The second-order valence-corrected chi connectivity index (χ2v) is 11.6. The molecule has 0 atom stereocenters. The van der Waals surface area contributed by atoms with Crippen LogP contribution < -0.4 is 19.5 Å².